The largest absolute Gasteiger partial charge is 0.322 e. The van der Waals surface area contributed by atoms with E-state index in [1.807, 2.05) is 43.3 Å². The molecular weight excluding hydrogens is 396 g/mol. The summed E-state index contributed by atoms with van der Waals surface area (Å²) in [6.45, 7) is 1.90. The smallest absolute Gasteiger partial charge is 0.255 e. The molecule has 3 aromatic rings. The van der Waals surface area contributed by atoms with Gasteiger partial charge in [0.15, 0.2) is 0 Å². The maximum absolute atomic E-state index is 12.7. The Kier molecular flexibility index (Phi) is 5.68. The fourth-order valence-electron chi connectivity index (χ4n) is 3.35. The van der Waals surface area contributed by atoms with Crippen molar-refractivity contribution < 1.29 is 14.4 Å². The minimum absolute atomic E-state index is 0.163. The van der Waals surface area contributed by atoms with Gasteiger partial charge in [0.2, 0.25) is 11.8 Å². The van der Waals surface area contributed by atoms with Crippen LogP contribution < -0.4 is 10.2 Å². The molecule has 5 nitrogen and oxygen atoms in total. The van der Waals surface area contributed by atoms with Crippen LogP contribution in [-0.4, -0.2) is 23.0 Å². The number of carbonyl (C=O) groups is 3. The summed E-state index contributed by atoms with van der Waals surface area (Å²) < 4.78 is 0. The van der Waals surface area contributed by atoms with E-state index in [1.54, 1.807) is 42.5 Å². The highest BCUT2D eigenvalue weighted by Gasteiger charge is 2.40. The lowest BCUT2D eigenvalue weighted by atomic mass is 10.1. The van der Waals surface area contributed by atoms with Gasteiger partial charge in [0.25, 0.3) is 5.91 Å². The molecule has 0 aromatic heterocycles. The van der Waals surface area contributed by atoms with Gasteiger partial charge in [0.05, 0.1) is 10.9 Å². The molecule has 1 unspecified atom stereocenters. The average Bonchev–Trinajstić information content (AvgIpc) is 3.03. The molecule has 3 amide bonds. The summed E-state index contributed by atoms with van der Waals surface area (Å²) in [6, 6.07) is 23.7. The molecule has 1 aliphatic rings. The van der Waals surface area contributed by atoms with Crippen LogP contribution in [0.2, 0.25) is 0 Å². The van der Waals surface area contributed by atoms with Crippen molar-refractivity contribution in [2.75, 3.05) is 10.2 Å². The molecule has 0 bridgehead atoms. The van der Waals surface area contributed by atoms with Crippen molar-refractivity contribution >= 4 is 40.9 Å². The second-order valence-electron chi connectivity index (χ2n) is 7.01. The Hall–Kier alpha value is -3.38. The third kappa shape index (κ3) is 4.14. The number of anilines is 2. The molecule has 1 N–H and O–H groups in total. The highest BCUT2D eigenvalue weighted by atomic mass is 32.2. The van der Waals surface area contributed by atoms with E-state index in [0.717, 1.165) is 10.5 Å². The summed E-state index contributed by atoms with van der Waals surface area (Å²) in [5, 5.41) is 2.43. The van der Waals surface area contributed by atoms with Gasteiger partial charge >= 0.3 is 0 Å². The summed E-state index contributed by atoms with van der Waals surface area (Å²) in [5.41, 5.74) is 2.82. The summed E-state index contributed by atoms with van der Waals surface area (Å²) in [7, 11) is 0. The Labute approximate surface area is 179 Å². The van der Waals surface area contributed by atoms with Crippen molar-refractivity contribution in [3.05, 3.63) is 90.0 Å². The third-order valence-electron chi connectivity index (χ3n) is 4.90. The van der Waals surface area contributed by atoms with Gasteiger partial charge in [0.1, 0.15) is 0 Å². The topological polar surface area (TPSA) is 66.5 Å². The van der Waals surface area contributed by atoms with Crippen LogP contribution in [-0.2, 0) is 9.59 Å². The normalized spacial score (nSPS) is 16.0. The number of para-hydroxylation sites is 1. The van der Waals surface area contributed by atoms with Crippen LogP contribution in [0.4, 0.5) is 11.4 Å². The molecular formula is C24H20N2O3S. The molecule has 1 fully saturated rings. The van der Waals surface area contributed by atoms with Gasteiger partial charge in [-0.05, 0) is 55.0 Å². The molecule has 4 rings (SSSR count). The van der Waals surface area contributed by atoms with Gasteiger partial charge < -0.3 is 5.32 Å². The molecule has 0 spiro atoms. The fourth-order valence-corrected chi connectivity index (χ4v) is 4.41. The lowest BCUT2D eigenvalue weighted by Crippen LogP contribution is -2.30. The SMILES string of the molecule is Cc1ccccc1C(=O)Nc1ccc(SC2CC(=O)N(c3ccccc3)C2=O)cc1. The van der Waals surface area contributed by atoms with Crippen molar-refractivity contribution in [2.45, 2.75) is 23.5 Å². The zero-order chi connectivity index (χ0) is 21.1. The quantitative estimate of drug-likeness (QED) is 0.614. The number of carbonyl (C=O) groups excluding carboxylic acids is 3. The van der Waals surface area contributed by atoms with Crippen LogP contribution >= 0.6 is 11.8 Å². The van der Waals surface area contributed by atoms with Crippen molar-refractivity contribution in [3.8, 4) is 0 Å². The summed E-state index contributed by atoms with van der Waals surface area (Å²) in [4.78, 5) is 39.7. The Balaban J connectivity index is 1.42. The first kappa shape index (κ1) is 19.9. The average molecular weight is 417 g/mol. The second kappa shape index (κ2) is 8.55. The van der Waals surface area contributed by atoms with Crippen LogP contribution in [0.25, 0.3) is 0 Å². The van der Waals surface area contributed by atoms with Gasteiger partial charge in [0, 0.05) is 22.6 Å². The number of hydrogen-bond acceptors (Lipinski definition) is 4. The number of thioether (sulfide) groups is 1. The standard InChI is InChI=1S/C24H20N2O3S/c1-16-7-5-6-10-20(16)23(28)25-17-11-13-19(14-12-17)30-21-15-22(27)26(24(21)29)18-8-3-2-4-9-18/h2-14,21H,15H2,1H3,(H,25,28). The number of nitrogens with one attached hydrogen (secondary N) is 1. The van der Waals surface area contributed by atoms with E-state index >= 15 is 0 Å². The maximum Gasteiger partial charge on any atom is 0.255 e. The van der Waals surface area contributed by atoms with E-state index in [-0.39, 0.29) is 24.1 Å². The van der Waals surface area contributed by atoms with Crippen molar-refractivity contribution in [2.24, 2.45) is 0 Å². The molecule has 30 heavy (non-hydrogen) atoms. The Morgan fingerprint density at radius 2 is 1.60 bits per heavy atom. The molecule has 0 radical (unpaired) electrons. The summed E-state index contributed by atoms with van der Waals surface area (Å²) in [6.07, 6.45) is 0.171. The maximum atomic E-state index is 12.7. The van der Waals surface area contributed by atoms with Crippen LogP contribution in [0.1, 0.15) is 22.3 Å². The van der Waals surface area contributed by atoms with E-state index in [1.165, 1.54) is 16.7 Å². The number of nitrogens with zero attached hydrogens (tertiary/aromatic N) is 1. The second-order valence-corrected chi connectivity index (χ2v) is 8.28. The lowest BCUT2D eigenvalue weighted by molar-refractivity contribution is -0.121. The Morgan fingerprint density at radius 1 is 0.933 bits per heavy atom. The molecule has 0 saturated carbocycles. The van der Waals surface area contributed by atoms with E-state index < -0.39 is 5.25 Å². The van der Waals surface area contributed by atoms with E-state index in [9.17, 15) is 14.4 Å². The van der Waals surface area contributed by atoms with Crippen LogP contribution in [0.5, 0.6) is 0 Å². The molecule has 1 heterocycles. The van der Waals surface area contributed by atoms with E-state index in [0.29, 0.717) is 16.9 Å². The number of aryl methyl sites for hydroxylation is 1. The van der Waals surface area contributed by atoms with Gasteiger partial charge in [-0.2, -0.15) is 0 Å². The monoisotopic (exact) mass is 416 g/mol. The predicted octanol–water partition coefficient (Wildman–Crippen LogP) is 4.67. The Bertz CT molecular complexity index is 1100. The minimum atomic E-state index is -0.454. The zero-order valence-electron chi connectivity index (χ0n) is 16.4. The predicted molar refractivity (Wildman–Crippen MR) is 119 cm³/mol. The van der Waals surface area contributed by atoms with Gasteiger partial charge in [-0.3, -0.25) is 14.4 Å². The van der Waals surface area contributed by atoms with Crippen molar-refractivity contribution in [3.63, 3.8) is 0 Å². The van der Waals surface area contributed by atoms with E-state index in [4.69, 9.17) is 0 Å². The van der Waals surface area contributed by atoms with Crippen LogP contribution in [0, 0.1) is 6.92 Å². The number of hydrogen-bond donors (Lipinski definition) is 1. The zero-order valence-corrected chi connectivity index (χ0v) is 17.2. The molecule has 1 aliphatic heterocycles. The Morgan fingerprint density at radius 3 is 2.30 bits per heavy atom. The molecule has 6 heteroatoms. The van der Waals surface area contributed by atoms with Gasteiger partial charge in [-0.1, -0.05) is 36.4 Å². The molecule has 3 aromatic carbocycles. The molecule has 150 valence electrons. The van der Waals surface area contributed by atoms with Gasteiger partial charge in [-0.25, -0.2) is 4.90 Å². The number of rotatable bonds is 5. The first-order valence-corrected chi connectivity index (χ1v) is 10.5. The molecule has 1 atom stereocenters. The first-order chi connectivity index (χ1) is 14.5. The minimum Gasteiger partial charge on any atom is -0.322 e. The highest BCUT2D eigenvalue weighted by molar-refractivity contribution is 8.00. The first-order valence-electron chi connectivity index (χ1n) is 9.58. The van der Waals surface area contributed by atoms with Gasteiger partial charge in [-0.15, -0.1) is 11.8 Å². The fraction of sp³-hybridized carbons (Fsp3) is 0.125. The van der Waals surface area contributed by atoms with Crippen molar-refractivity contribution in [1.82, 2.24) is 0 Å². The number of benzene rings is 3. The number of imide groups is 1. The molecule has 1 saturated heterocycles. The van der Waals surface area contributed by atoms with Crippen LogP contribution in [0.3, 0.4) is 0 Å². The van der Waals surface area contributed by atoms with E-state index in [2.05, 4.69) is 5.32 Å². The summed E-state index contributed by atoms with van der Waals surface area (Å²) >= 11 is 1.36. The highest BCUT2D eigenvalue weighted by Crippen LogP contribution is 2.34. The van der Waals surface area contributed by atoms with Crippen LogP contribution in [0.15, 0.2) is 83.8 Å². The number of amides is 3. The summed E-state index contributed by atoms with van der Waals surface area (Å²) in [5.74, 6) is -0.553. The third-order valence-corrected chi connectivity index (χ3v) is 6.10. The van der Waals surface area contributed by atoms with Crippen molar-refractivity contribution in [1.29, 1.82) is 0 Å². The lowest BCUT2D eigenvalue weighted by Gasteiger charge is -2.14. The molecule has 0 aliphatic carbocycles.